The number of allylic oxidation sites excluding steroid dienone is 2. The number of carbonyl (C=O) groups is 5. The molecular formula is C36H33N3O9. The number of nitrogens with zero attached hydrogens (tertiary/aromatic N) is 1. The molecule has 2 amide bonds. The number of para-hydroxylation sites is 1. The number of aromatic amines is 1. The van der Waals surface area contributed by atoms with E-state index in [0.717, 1.165) is 34.7 Å². The number of fused-ring (bicyclic) bond motifs is 6. The molecule has 1 aromatic heterocycles. The molecule has 3 atom stereocenters. The summed E-state index contributed by atoms with van der Waals surface area (Å²) in [5.74, 6) is -5.62. The van der Waals surface area contributed by atoms with E-state index in [-0.39, 0.29) is 34.8 Å². The van der Waals surface area contributed by atoms with Gasteiger partial charge in [-0.3, -0.25) is 24.1 Å². The number of methoxy groups -OCH3 is 2. The van der Waals surface area contributed by atoms with Crippen molar-refractivity contribution in [2.45, 2.75) is 56.2 Å². The summed E-state index contributed by atoms with van der Waals surface area (Å²) in [6.07, 6.45) is 3.54. The van der Waals surface area contributed by atoms with Crippen molar-refractivity contribution in [2.24, 2.45) is 0 Å². The smallest absolute Gasteiger partial charge is 0.342 e. The van der Waals surface area contributed by atoms with Crippen molar-refractivity contribution in [1.29, 1.82) is 0 Å². The number of rotatable bonds is 5. The second-order valence-electron chi connectivity index (χ2n) is 13.1. The number of phenolic OH excluding ortho intramolecular Hbond substituents is 1. The number of benzene rings is 2. The third-order valence-electron chi connectivity index (χ3n) is 10.1. The van der Waals surface area contributed by atoms with Crippen LogP contribution in [-0.2, 0) is 34.1 Å². The zero-order chi connectivity index (χ0) is 34.5. The lowest BCUT2D eigenvalue weighted by Crippen LogP contribution is -2.72. The molecule has 4 heterocycles. The highest BCUT2D eigenvalue weighted by atomic mass is 16.5. The summed E-state index contributed by atoms with van der Waals surface area (Å²) in [6.45, 7) is 9.48. The highest BCUT2D eigenvalue weighted by molar-refractivity contribution is 6.19. The molecule has 3 aliphatic heterocycles. The van der Waals surface area contributed by atoms with Crippen LogP contribution in [0.4, 0.5) is 0 Å². The van der Waals surface area contributed by atoms with Crippen molar-refractivity contribution in [1.82, 2.24) is 15.2 Å². The molecule has 4 aliphatic rings. The van der Waals surface area contributed by atoms with E-state index in [1.165, 1.54) is 13.2 Å². The van der Waals surface area contributed by atoms with Gasteiger partial charge in [-0.05, 0) is 30.7 Å². The number of nitrogens with one attached hydrogen (secondary N) is 2. The summed E-state index contributed by atoms with van der Waals surface area (Å²) in [7, 11) is 2.36. The van der Waals surface area contributed by atoms with Crippen molar-refractivity contribution in [3.8, 4) is 11.5 Å². The second kappa shape index (κ2) is 10.2. The first-order chi connectivity index (χ1) is 22.7. The number of Topliss-reactive ketones (excluding diaryl/α,β-unsaturated/α-hetero) is 1. The zero-order valence-corrected chi connectivity index (χ0v) is 27.0. The zero-order valence-electron chi connectivity index (χ0n) is 27.0. The lowest BCUT2D eigenvalue weighted by atomic mass is 9.69. The topological polar surface area (TPSA) is 164 Å². The van der Waals surface area contributed by atoms with E-state index in [1.54, 1.807) is 19.1 Å². The number of ketones is 2. The van der Waals surface area contributed by atoms with Crippen LogP contribution in [-0.4, -0.2) is 69.8 Å². The average molecular weight is 652 g/mol. The molecule has 0 saturated carbocycles. The number of phenols is 1. The standard InChI is InChI=1S/C36H33N3O9/c1-7-34(3,4)29-20(19-10-8-9-11-22(19)37-29)14-23-31(43)39-35(15-18(40)13-25(46-5)30(35)42)21-16-36(39,33(45)38-23)48-28-17(2)12-24(41)27(26(21)28)32(44)47-6/h7-14,21,37,41H,1,15-16H2,2-6H3,(H,38,45)/t21-,35+,36+/m1/s1. The monoisotopic (exact) mass is 651 g/mol. The van der Waals surface area contributed by atoms with Gasteiger partial charge >= 0.3 is 5.97 Å². The Kier molecular flexibility index (Phi) is 6.56. The van der Waals surface area contributed by atoms with Gasteiger partial charge in [0.25, 0.3) is 17.5 Å². The van der Waals surface area contributed by atoms with Gasteiger partial charge in [-0.25, -0.2) is 4.79 Å². The molecule has 12 heteroatoms. The van der Waals surface area contributed by atoms with Crippen molar-refractivity contribution >= 4 is 46.3 Å². The number of hydrogen-bond donors (Lipinski definition) is 3. The Morgan fingerprint density at radius 2 is 1.92 bits per heavy atom. The van der Waals surface area contributed by atoms with Gasteiger partial charge in [0.1, 0.15) is 28.3 Å². The van der Waals surface area contributed by atoms with Crippen LogP contribution in [0.3, 0.4) is 0 Å². The lowest BCUT2D eigenvalue weighted by Gasteiger charge is -2.47. The van der Waals surface area contributed by atoms with Gasteiger partial charge in [-0.15, -0.1) is 6.58 Å². The average Bonchev–Trinajstić information content (AvgIpc) is 3.54. The van der Waals surface area contributed by atoms with Crippen molar-refractivity contribution in [2.75, 3.05) is 14.2 Å². The molecule has 246 valence electrons. The highest BCUT2D eigenvalue weighted by Crippen LogP contribution is 2.63. The Bertz CT molecular complexity index is 2100. The van der Waals surface area contributed by atoms with E-state index in [2.05, 4.69) is 16.9 Å². The number of esters is 1. The molecule has 0 unspecified atom stereocenters. The Morgan fingerprint density at radius 3 is 2.60 bits per heavy atom. The molecule has 3 aromatic rings. The summed E-state index contributed by atoms with van der Waals surface area (Å²) < 4.78 is 16.8. The third kappa shape index (κ3) is 3.85. The first kappa shape index (κ1) is 31.0. The predicted molar refractivity (Wildman–Crippen MR) is 172 cm³/mol. The lowest BCUT2D eigenvalue weighted by molar-refractivity contribution is -0.177. The van der Waals surface area contributed by atoms with E-state index in [0.29, 0.717) is 11.1 Å². The van der Waals surface area contributed by atoms with Crippen molar-refractivity contribution in [3.63, 3.8) is 0 Å². The first-order valence-corrected chi connectivity index (χ1v) is 15.4. The maximum Gasteiger partial charge on any atom is 0.342 e. The summed E-state index contributed by atoms with van der Waals surface area (Å²) >= 11 is 0. The first-order valence-electron chi connectivity index (χ1n) is 15.4. The number of aromatic hydroxyl groups is 1. The Labute approximate surface area is 275 Å². The molecule has 2 spiro atoms. The van der Waals surface area contributed by atoms with Gasteiger partial charge in [-0.1, -0.05) is 38.1 Å². The van der Waals surface area contributed by atoms with Gasteiger partial charge in [0.2, 0.25) is 5.78 Å². The summed E-state index contributed by atoms with van der Waals surface area (Å²) in [5, 5.41) is 14.5. The van der Waals surface area contributed by atoms with Crippen LogP contribution in [0, 0.1) is 6.92 Å². The van der Waals surface area contributed by atoms with Gasteiger partial charge < -0.3 is 29.6 Å². The van der Waals surface area contributed by atoms with Gasteiger partial charge in [-0.2, -0.15) is 0 Å². The van der Waals surface area contributed by atoms with Crippen LogP contribution in [0.1, 0.15) is 65.3 Å². The minimum atomic E-state index is -2.09. The van der Waals surface area contributed by atoms with Gasteiger partial charge in [0.15, 0.2) is 11.5 Å². The predicted octanol–water partition coefficient (Wildman–Crippen LogP) is 3.82. The number of aromatic nitrogens is 1. The molecule has 7 rings (SSSR count). The number of H-pyrrole nitrogens is 1. The van der Waals surface area contributed by atoms with Crippen LogP contribution in [0.15, 0.2) is 60.5 Å². The molecule has 3 N–H and O–H groups in total. The fraction of sp³-hybridized carbons (Fsp3) is 0.306. The molecule has 0 radical (unpaired) electrons. The van der Waals surface area contributed by atoms with E-state index in [4.69, 9.17) is 14.2 Å². The SMILES string of the molecule is C=CC(C)(C)c1[nH]c2ccccc2c1C=C1NC(=O)[C@]23C[C@H](c4c(c(C)cc(O)c4C(=O)OC)O2)[C@]2(CC(=O)C=C(OC)C2=O)N3C1=O. The number of amides is 2. The largest absolute Gasteiger partial charge is 0.507 e. The van der Waals surface area contributed by atoms with Gasteiger partial charge in [0, 0.05) is 58.0 Å². The molecule has 2 bridgehead atoms. The third-order valence-corrected chi connectivity index (χ3v) is 10.1. The summed E-state index contributed by atoms with van der Waals surface area (Å²) in [5.41, 5.74) is -2.64. The molecule has 2 saturated heterocycles. The number of aryl methyl sites for hydroxylation is 1. The van der Waals surface area contributed by atoms with E-state index in [1.807, 2.05) is 38.1 Å². The summed E-state index contributed by atoms with van der Waals surface area (Å²) in [4.78, 5) is 75.0. The van der Waals surface area contributed by atoms with Crippen LogP contribution < -0.4 is 10.1 Å². The Hall–Kier alpha value is -5.65. The fourth-order valence-corrected chi connectivity index (χ4v) is 7.78. The Morgan fingerprint density at radius 1 is 1.19 bits per heavy atom. The van der Waals surface area contributed by atoms with Gasteiger partial charge in [0.05, 0.1) is 14.2 Å². The number of piperazine rings is 1. The minimum absolute atomic E-state index is 0.0297. The molecule has 1 aliphatic carbocycles. The fourth-order valence-electron chi connectivity index (χ4n) is 7.78. The van der Waals surface area contributed by atoms with Crippen molar-refractivity contribution in [3.05, 3.63) is 88.5 Å². The van der Waals surface area contributed by atoms with Crippen LogP contribution in [0.5, 0.6) is 11.5 Å². The van der Waals surface area contributed by atoms with E-state index >= 15 is 0 Å². The number of ether oxygens (including phenoxy) is 3. The van der Waals surface area contributed by atoms with E-state index in [9.17, 15) is 29.1 Å². The molecular weight excluding hydrogens is 618 g/mol. The maximum absolute atomic E-state index is 14.9. The van der Waals surface area contributed by atoms with Crippen LogP contribution >= 0.6 is 0 Å². The quantitative estimate of drug-likeness (QED) is 0.211. The van der Waals surface area contributed by atoms with Crippen molar-refractivity contribution < 1.29 is 43.3 Å². The van der Waals surface area contributed by atoms with Crippen LogP contribution in [0.25, 0.3) is 17.0 Å². The van der Waals surface area contributed by atoms with E-state index < -0.39 is 64.1 Å². The van der Waals surface area contributed by atoms with Crippen LogP contribution in [0.2, 0.25) is 0 Å². The molecule has 48 heavy (non-hydrogen) atoms. The molecule has 12 nitrogen and oxygen atoms in total. The number of carbonyl (C=O) groups excluding carboxylic acids is 5. The Balaban J connectivity index is 1.51. The number of hydrogen-bond acceptors (Lipinski definition) is 9. The minimum Gasteiger partial charge on any atom is -0.507 e. The normalized spacial score (nSPS) is 25.4. The summed E-state index contributed by atoms with van der Waals surface area (Å²) in [6, 6.07) is 8.78. The molecule has 2 fully saturated rings. The second-order valence-corrected chi connectivity index (χ2v) is 13.1. The molecule has 2 aromatic carbocycles. The highest BCUT2D eigenvalue weighted by Gasteiger charge is 2.76. The maximum atomic E-state index is 14.9.